The van der Waals surface area contributed by atoms with Crippen molar-refractivity contribution in [1.82, 2.24) is 15.7 Å². The van der Waals surface area contributed by atoms with E-state index >= 15 is 4.39 Å². The smallest absolute Gasteiger partial charge is 0.251 e. The first kappa shape index (κ1) is 34.1. The first-order valence-corrected chi connectivity index (χ1v) is 16.2. The number of hydrogen-bond acceptors (Lipinski definition) is 8. The predicted molar refractivity (Wildman–Crippen MR) is 174 cm³/mol. The van der Waals surface area contributed by atoms with Gasteiger partial charge in [-0.25, -0.2) is 4.39 Å². The fourth-order valence-electron chi connectivity index (χ4n) is 8.15. The lowest BCUT2D eigenvalue weighted by Crippen LogP contribution is -2.62. The number of anilines is 1. The summed E-state index contributed by atoms with van der Waals surface area (Å²) in [7, 11) is 6.73. The molecule has 1 aliphatic heterocycles. The number of rotatable bonds is 10. The molecule has 3 saturated carbocycles. The molecule has 4 fully saturated rings. The van der Waals surface area contributed by atoms with Crippen LogP contribution in [0.2, 0.25) is 0 Å². The maximum Gasteiger partial charge on any atom is 0.251 e. The van der Waals surface area contributed by atoms with Crippen LogP contribution in [0.5, 0.6) is 5.75 Å². The monoisotopic (exact) mass is 640 g/mol. The molecule has 4 N–H and O–H groups in total. The number of hydrogen-bond donors (Lipinski definition) is 4. The third-order valence-corrected chi connectivity index (χ3v) is 11.0. The molecule has 0 aromatic heterocycles. The average molecular weight is 641 g/mol. The minimum absolute atomic E-state index is 0.0259. The lowest BCUT2D eigenvalue weighted by molar-refractivity contribution is -0.183. The topological polar surface area (TPSA) is 124 Å². The first-order valence-electron chi connectivity index (χ1n) is 16.2. The molecule has 2 aromatic rings. The number of carbonyl (C=O) groups is 2. The Kier molecular flexibility index (Phi) is 9.71. The van der Waals surface area contributed by atoms with E-state index in [0.29, 0.717) is 28.5 Å². The van der Waals surface area contributed by atoms with E-state index in [4.69, 9.17) is 9.57 Å². The molecule has 0 radical (unpaired) electrons. The highest BCUT2D eigenvalue weighted by molar-refractivity contribution is 5.97. The van der Waals surface area contributed by atoms with Crippen LogP contribution in [-0.2, 0) is 16.2 Å². The Morgan fingerprint density at radius 2 is 1.93 bits per heavy atom. The Morgan fingerprint density at radius 3 is 2.50 bits per heavy atom. The fraction of sp³-hybridized carbons (Fsp3) is 0.600. The summed E-state index contributed by atoms with van der Waals surface area (Å²) >= 11 is 0. The highest BCUT2D eigenvalue weighted by Gasteiger charge is 2.57. The second-order valence-corrected chi connectivity index (χ2v) is 14.1. The van der Waals surface area contributed by atoms with Crippen LogP contribution in [0.25, 0.3) is 11.1 Å². The van der Waals surface area contributed by atoms with Crippen molar-refractivity contribution in [2.45, 2.75) is 71.4 Å². The summed E-state index contributed by atoms with van der Waals surface area (Å²) in [5.41, 5.74) is 2.79. The van der Waals surface area contributed by atoms with Crippen LogP contribution in [0, 0.1) is 34.9 Å². The lowest BCUT2D eigenvalue weighted by Gasteiger charge is -2.62. The number of nitrogens with one attached hydrogen (secondary N) is 2. The number of fused-ring (bicyclic) bond motifs is 2. The lowest BCUT2D eigenvalue weighted by atomic mass is 9.45. The van der Waals surface area contributed by atoms with Crippen molar-refractivity contribution in [3.8, 4) is 16.9 Å². The Hall–Kier alpha value is -3.25. The molecule has 1 heterocycles. The molecule has 0 unspecified atom stereocenters. The van der Waals surface area contributed by atoms with Crippen molar-refractivity contribution in [2.75, 3.05) is 39.8 Å². The van der Waals surface area contributed by atoms with Gasteiger partial charge in [-0.05, 0) is 78.8 Å². The number of ether oxygens (including phenoxy) is 1. The van der Waals surface area contributed by atoms with Gasteiger partial charge in [-0.3, -0.25) is 14.4 Å². The Labute approximate surface area is 271 Å². The summed E-state index contributed by atoms with van der Waals surface area (Å²) in [6.45, 7) is 7.75. The van der Waals surface area contributed by atoms with Gasteiger partial charge in [-0.2, -0.15) is 5.06 Å². The van der Waals surface area contributed by atoms with Crippen LogP contribution in [0.4, 0.5) is 10.1 Å². The van der Waals surface area contributed by atoms with Gasteiger partial charge in [-0.15, -0.1) is 0 Å². The van der Waals surface area contributed by atoms with Gasteiger partial charge in [0.05, 0.1) is 26.4 Å². The molecular formula is C35H49FN4O6. The van der Waals surface area contributed by atoms with Gasteiger partial charge in [0, 0.05) is 55.5 Å². The average Bonchev–Trinajstić information content (AvgIpc) is 3.40. The molecule has 2 aromatic carbocycles. The largest absolute Gasteiger partial charge is 0.496 e. The summed E-state index contributed by atoms with van der Waals surface area (Å²) in [5, 5.41) is 28.3. The molecule has 6 rings (SSSR count). The molecular weight excluding hydrogens is 591 g/mol. The van der Waals surface area contributed by atoms with Gasteiger partial charge >= 0.3 is 0 Å². The zero-order valence-electron chi connectivity index (χ0n) is 28.1. The van der Waals surface area contributed by atoms with Gasteiger partial charge in [0.1, 0.15) is 23.7 Å². The molecule has 8 atom stereocenters. The molecule has 46 heavy (non-hydrogen) atoms. The van der Waals surface area contributed by atoms with Crippen LogP contribution < -0.4 is 20.3 Å². The standard InChI is InChI=1S/C35H49FN4O6/c1-18-26-14-22(35(26,3)4)15-28(18)38-34(44)31-30(19(2)42)29(17-41)46-40(31)16-25-27(36)10-9-24(32(25)45-8)20-11-21(33(43)37-5)13-23(12-20)39(6)7/h9-13,18-19,22,26,28-31,41-42H,14-17H2,1-8H3,(H,37,43)(H,38,44)/t18-,19-,22+,26+,28-,29-,30+,31-/m0/s1. The van der Waals surface area contributed by atoms with Crippen LogP contribution in [0.15, 0.2) is 30.3 Å². The number of hydroxylamine groups is 2. The molecule has 0 spiro atoms. The van der Waals surface area contributed by atoms with E-state index in [-0.39, 0.29) is 47.0 Å². The number of nitrogens with zero attached hydrogens (tertiary/aromatic N) is 2. The number of aliphatic hydroxyl groups is 2. The molecule has 3 aliphatic carbocycles. The van der Waals surface area contributed by atoms with E-state index in [9.17, 15) is 19.8 Å². The maximum atomic E-state index is 15.7. The van der Waals surface area contributed by atoms with Gasteiger partial charge in [0.25, 0.3) is 5.91 Å². The predicted octanol–water partition coefficient (Wildman–Crippen LogP) is 3.59. The summed E-state index contributed by atoms with van der Waals surface area (Å²) < 4.78 is 21.5. The van der Waals surface area contributed by atoms with Gasteiger partial charge in [0.2, 0.25) is 5.91 Å². The first-order chi connectivity index (χ1) is 21.7. The Morgan fingerprint density at radius 1 is 1.22 bits per heavy atom. The van der Waals surface area contributed by atoms with E-state index < -0.39 is 36.6 Å². The maximum absolute atomic E-state index is 15.7. The Bertz CT molecular complexity index is 1460. The van der Waals surface area contributed by atoms with Crippen LogP contribution in [0.1, 0.15) is 56.5 Å². The fourth-order valence-corrected chi connectivity index (χ4v) is 8.15. The normalized spacial score (nSPS) is 29.1. The third kappa shape index (κ3) is 5.98. The van der Waals surface area contributed by atoms with Crippen molar-refractivity contribution in [3.05, 3.63) is 47.3 Å². The quantitative estimate of drug-likeness (QED) is 0.311. The van der Waals surface area contributed by atoms with E-state index in [0.717, 1.165) is 12.1 Å². The number of aliphatic hydroxyl groups excluding tert-OH is 2. The summed E-state index contributed by atoms with van der Waals surface area (Å²) in [4.78, 5) is 34.7. The Balaban J connectivity index is 1.50. The van der Waals surface area contributed by atoms with Crippen molar-refractivity contribution in [3.63, 3.8) is 0 Å². The summed E-state index contributed by atoms with van der Waals surface area (Å²) in [5.74, 6) is -0.344. The zero-order chi connectivity index (χ0) is 33.7. The van der Waals surface area contributed by atoms with Gasteiger partial charge in [0.15, 0.2) is 0 Å². The van der Waals surface area contributed by atoms with Crippen LogP contribution in [0.3, 0.4) is 0 Å². The van der Waals surface area contributed by atoms with E-state index in [2.05, 4.69) is 31.4 Å². The SMILES string of the molecule is CNC(=O)c1cc(-c2ccc(F)c(CN3O[C@@H](CO)[C@@H]([C@H](C)O)[C@H]3C(=O)N[C@H]3C[C@H]4C[C@H]([C@@H]3C)C4(C)C)c2OC)cc(N(C)C)c1. The van der Waals surface area contributed by atoms with Crippen LogP contribution in [-0.4, -0.2) is 86.2 Å². The highest BCUT2D eigenvalue weighted by atomic mass is 19.1. The van der Waals surface area contributed by atoms with Crippen molar-refractivity contribution in [2.24, 2.45) is 29.1 Å². The minimum Gasteiger partial charge on any atom is -0.496 e. The van der Waals surface area contributed by atoms with E-state index in [1.807, 2.05) is 25.1 Å². The van der Waals surface area contributed by atoms with Gasteiger partial charge < -0.3 is 30.5 Å². The molecule has 10 nitrogen and oxygen atoms in total. The second-order valence-electron chi connectivity index (χ2n) is 14.1. The number of halogens is 1. The van der Waals surface area contributed by atoms with Crippen LogP contribution >= 0.6 is 0 Å². The van der Waals surface area contributed by atoms with E-state index in [1.165, 1.54) is 24.7 Å². The second kappa shape index (κ2) is 13.1. The van der Waals surface area contributed by atoms with Crippen molar-refractivity contribution in [1.29, 1.82) is 0 Å². The summed E-state index contributed by atoms with van der Waals surface area (Å²) in [6, 6.07) is 7.29. The molecule has 1 saturated heterocycles. The van der Waals surface area contributed by atoms with Crippen molar-refractivity contribution >= 4 is 17.5 Å². The number of carbonyl (C=O) groups excluding carboxylic acids is 2. The number of methoxy groups -OCH3 is 1. The number of benzene rings is 2. The highest BCUT2D eigenvalue weighted by Crippen LogP contribution is 2.61. The molecule has 11 heteroatoms. The minimum atomic E-state index is -0.986. The molecule has 2 bridgehead atoms. The third-order valence-electron chi connectivity index (χ3n) is 11.0. The van der Waals surface area contributed by atoms with Crippen molar-refractivity contribution < 1.29 is 33.8 Å². The number of amides is 2. The molecule has 4 aliphatic rings. The summed E-state index contributed by atoms with van der Waals surface area (Å²) in [6.07, 6.45) is 0.195. The zero-order valence-corrected chi connectivity index (χ0v) is 28.1. The van der Waals surface area contributed by atoms with Gasteiger partial charge in [-0.1, -0.05) is 20.8 Å². The van der Waals surface area contributed by atoms with E-state index in [1.54, 1.807) is 32.2 Å². The molecule has 252 valence electrons. The molecule has 2 amide bonds.